The smallest absolute Gasteiger partial charge is 0.422 e. The molecule has 0 amide bonds. The minimum absolute atomic E-state index is 0.178. The van der Waals surface area contributed by atoms with E-state index in [0.717, 1.165) is 11.1 Å². The maximum atomic E-state index is 12.1. The maximum absolute atomic E-state index is 12.1. The normalized spacial score (nSPS) is 11.3. The molecule has 5 heteroatoms. The van der Waals surface area contributed by atoms with E-state index in [1.165, 1.54) is 6.07 Å². The van der Waals surface area contributed by atoms with E-state index in [9.17, 15) is 13.2 Å². The van der Waals surface area contributed by atoms with Gasteiger partial charge < -0.3 is 10.5 Å². The average Bonchev–Trinajstić information content (AvgIpc) is 2.36. The third kappa shape index (κ3) is 3.91. The van der Waals surface area contributed by atoms with Gasteiger partial charge in [0.25, 0.3) is 0 Å². The van der Waals surface area contributed by atoms with Crippen molar-refractivity contribution in [1.82, 2.24) is 0 Å². The van der Waals surface area contributed by atoms with Crippen LogP contribution < -0.4 is 10.5 Å². The van der Waals surface area contributed by atoms with Crippen LogP contribution in [0, 0.1) is 0 Å². The Bertz CT molecular complexity index is 567. The summed E-state index contributed by atoms with van der Waals surface area (Å²) in [4.78, 5) is 0. The maximum Gasteiger partial charge on any atom is 0.422 e. The number of anilines is 1. The van der Waals surface area contributed by atoms with Gasteiger partial charge in [-0.3, -0.25) is 0 Å². The highest BCUT2D eigenvalue weighted by molar-refractivity contribution is 5.68. The van der Waals surface area contributed by atoms with Crippen molar-refractivity contribution in [2.45, 2.75) is 6.18 Å². The van der Waals surface area contributed by atoms with E-state index in [2.05, 4.69) is 0 Å². The second-order valence-corrected chi connectivity index (χ2v) is 4.06. The van der Waals surface area contributed by atoms with Crippen LogP contribution in [0.2, 0.25) is 0 Å². The molecule has 0 aromatic heterocycles. The molecule has 0 radical (unpaired) electrons. The number of hydrogen-bond acceptors (Lipinski definition) is 2. The van der Waals surface area contributed by atoms with Crippen LogP contribution in [0.4, 0.5) is 18.9 Å². The number of alkyl halides is 3. The molecule has 2 aromatic rings. The minimum Gasteiger partial charge on any atom is -0.484 e. The summed E-state index contributed by atoms with van der Waals surface area (Å²) in [5.74, 6) is 0.178. The molecule has 0 heterocycles. The van der Waals surface area contributed by atoms with Crippen molar-refractivity contribution in [3.63, 3.8) is 0 Å². The molecule has 2 aromatic carbocycles. The van der Waals surface area contributed by atoms with Gasteiger partial charge in [-0.2, -0.15) is 13.2 Å². The second-order valence-electron chi connectivity index (χ2n) is 4.06. The van der Waals surface area contributed by atoms with Crippen molar-refractivity contribution in [2.75, 3.05) is 12.3 Å². The fourth-order valence-corrected chi connectivity index (χ4v) is 1.65. The van der Waals surface area contributed by atoms with E-state index in [1.807, 2.05) is 6.07 Å². The van der Waals surface area contributed by atoms with Crippen LogP contribution in [0.25, 0.3) is 11.1 Å². The number of rotatable bonds is 3. The number of nitrogens with two attached hydrogens (primary N) is 1. The predicted octanol–water partition coefficient (Wildman–Crippen LogP) is 3.88. The Hall–Kier alpha value is -2.17. The van der Waals surface area contributed by atoms with Crippen molar-refractivity contribution in [1.29, 1.82) is 0 Å². The molecule has 0 atom stereocenters. The average molecular weight is 267 g/mol. The lowest BCUT2D eigenvalue weighted by Gasteiger charge is -2.10. The zero-order valence-electron chi connectivity index (χ0n) is 9.95. The van der Waals surface area contributed by atoms with Gasteiger partial charge in [-0.05, 0) is 35.4 Å². The van der Waals surface area contributed by atoms with Gasteiger partial charge in [0.1, 0.15) is 5.75 Å². The van der Waals surface area contributed by atoms with Crippen LogP contribution in [0.15, 0.2) is 48.5 Å². The Morgan fingerprint density at radius 3 is 2.21 bits per heavy atom. The predicted molar refractivity (Wildman–Crippen MR) is 67.8 cm³/mol. The SMILES string of the molecule is Nc1cccc(-c2cccc(OCC(F)(F)F)c2)c1. The first-order chi connectivity index (χ1) is 8.94. The van der Waals surface area contributed by atoms with Gasteiger partial charge in [0.2, 0.25) is 0 Å². The van der Waals surface area contributed by atoms with Crippen LogP contribution in [-0.2, 0) is 0 Å². The minimum atomic E-state index is -4.34. The zero-order chi connectivity index (χ0) is 13.9. The molecule has 2 rings (SSSR count). The quantitative estimate of drug-likeness (QED) is 0.856. The van der Waals surface area contributed by atoms with Gasteiger partial charge >= 0.3 is 6.18 Å². The van der Waals surface area contributed by atoms with E-state index in [1.54, 1.807) is 36.4 Å². The molecule has 100 valence electrons. The van der Waals surface area contributed by atoms with Crippen molar-refractivity contribution in [3.8, 4) is 16.9 Å². The second kappa shape index (κ2) is 5.22. The van der Waals surface area contributed by atoms with Gasteiger partial charge in [-0.15, -0.1) is 0 Å². The summed E-state index contributed by atoms with van der Waals surface area (Å²) in [6, 6.07) is 13.6. The molecule has 0 aliphatic rings. The molecule has 19 heavy (non-hydrogen) atoms. The summed E-state index contributed by atoms with van der Waals surface area (Å²) in [5.41, 5.74) is 7.85. The first kappa shape index (κ1) is 13.3. The zero-order valence-corrected chi connectivity index (χ0v) is 9.95. The summed E-state index contributed by atoms with van der Waals surface area (Å²) in [6.45, 7) is -1.30. The molecule has 0 bridgehead atoms. The first-order valence-electron chi connectivity index (χ1n) is 5.59. The van der Waals surface area contributed by atoms with E-state index in [-0.39, 0.29) is 5.75 Å². The highest BCUT2D eigenvalue weighted by Crippen LogP contribution is 2.26. The van der Waals surface area contributed by atoms with Crippen molar-refractivity contribution < 1.29 is 17.9 Å². The summed E-state index contributed by atoms with van der Waals surface area (Å²) in [6.07, 6.45) is -4.34. The Balaban J connectivity index is 2.20. The summed E-state index contributed by atoms with van der Waals surface area (Å²) >= 11 is 0. The highest BCUT2D eigenvalue weighted by atomic mass is 19.4. The summed E-state index contributed by atoms with van der Waals surface area (Å²) in [7, 11) is 0. The molecule has 0 aliphatic carbocycles. The Morgan fingerprint density at radius 1 is 0.947 bits per heavy atom. The number of hydrogen-bond donors (Lipinski definition) is 1. The standard InChI is InChI=1S/C14H12F3NO/c15-14(16,17)9-19-13-6-2-4-11(8-13)10-3-1-5-12(18)7-10/h1-8H,9,18H2. The Kier molecular flexibility index (Phi) is 3.64. The fourth-order valence-electron chi connectivity index (χ4n) is 1.65. The molecular formula is C14H12F3NO. The molecule has 0 aliphatic heterocycles. The van der Waals surface area contributed by atoms with Gasteiger partial charge in [0.15, 0.2) is 6.61 Å². The van der Waals surface area contributed by atoms with Crippen molar-refractivity contribution >= 4 is 5.69 Å². The van der Waals surface area contributed by atoms with Crippen LogP contribution in [0.5, 0.6) is 5.75 Å². The third-order valence-electron chi connectivity index (χ3n) is 2.46. The third-order valence-corrected chi connectivity index (χ3v) is 2.46. The Labute approximate surface area is 108 Å². The van der Waals surface area contributed by atoms with Crippen LogP contribution >= 0.6 is 0 Å². The van der Waals surface area contributed by atoms with Crippen LogP contribution in [0.1, 0.15) is 0 Å². The summed E-state index contributed by atoms with van der Waals surface area (Å²) in [5, 5.41) is 0. The van der Waals surface area contributed by atoms with Crippen molar-refractivity contribution in [2.24, 2.45) is 0 Å². The number of halogens is 3. The fraction of sp³-hybridized carbons (Fsp3) is 0.143. The highest BCUT2D eigenvalue weighted by Gasteiger charge is 2.28. The molecule has 0 saturated heterocycles. The number of benzene rings is 2. The molecule has 0 fully saturated rings. The van der Waals surface area contributed by atoms with Gasteiger partial charge in [-0.1, -0.05) is 24.3 Å². The molecule has 0 unspecified atom stereocenters. The lowest BCUT2D eigenvalue weighted by atomic mass is 10.1. The topological polar surface area (TPSA) is 35.2 Å². The molecular weight excluding hydrogens is 255 g/mol. The molecule has 0 saturated carbocycles. The molecule has 2 nitrogen and oxygen atoms in total. The number of ether oxygens (including phenoxy) is 1. The summed E-state index contributed by atoms with van der Waals surface area (Å²) < 4.78 is 40.9. The van der Waals surface area contributed by atoms with Gasteiger partial charge in [-0.25, -0.2) is 0 Å². The van der Waals surface area contributed by atoms with E-state index in [0.29, 0.717) is 5.69 Å². The van der Waals surface area contributed by atoms with Crippen molar-refractivity contribution in [3.05, 3.63) is 48.5 Å². The van der Waals surface area contributed by atoms with E-state index >= 15 is 0 Å². The van der Waals surface area contributed by atoms with Gasteiger partial charge in [0.05, 0.1) is 0 Å². The number of nitrogen functional groups attached to an aromatic ring is 1. The van der Waals surface area contributed by atoms with Gasteiger partial charge in [0, 0.05) is 5.69 Å². The lowest BCUT2D eigenvalue weighted by Crippen LogP contribution is -2.19. The largest absolute Gasteiger partial charge is 0.484 e. The van der Waals surface area contributed by atoms with E-state index < -0.39 is 12.8 Å². The lowest BCUT2D eigenvalue weighted by molar-refractivity contribution is -0.153. The molecule has 0 spiro atoms. The van der Waals surface area contributed by atoms with E-state index in [4.69, 9.17) is 10.5 Å². The first-order valence-corrected chi connectivity index (χ1v) is 5.59. The Morgan fingerprint density at radius 2 is 1.58 bits per heavy atom. The molecule has 2 N–H and O–H groups in total. The van der Waals surface area contributed by atoms with Crippen LogP contribution in [-0.4, -0.2) is 12.8 Å². The van der Waals surface area contributed by atoms with Crippen LogP contribution in [0.3, 0.4) is 0 Å². The monoisotopic (exact) mass is 267 g/mol.